The van der Waals surface area contributed by atoms with E-state index >= 15 is 0 Å². The second-order valence-corrected chi connectivity index (χ2v) is 4.15. The number of hydrogen-bond acceptors (Lipinski definition) is 7. The number of esters is 1. The van der Waals surface area contributed by atoms with E-state index in [4.69, 9.17) is 4.74 Å². The van der Waals surface area contributed by atoms with E-state index in [1.165, 1.54) is 13.8 Å². The molecule has 0 fully saturated rings. The van der Waals surface area contributed by atoms with Crippen LogP contribution in [0.4, 0.5) is 0 Å². The molecule has 0 saturated carbocycles. The van der Waals surface area contributed by atoms with E-state index in [0.29, 0.717) is 0 Å². The lowest BCUT2D eigenvalue weighted by Crippen LogP contribution is -2.52. The first-order valence-corrected chi connectivity index (χ1v) is 5.79. The first kappa shape index (κ1) is 16.5. The Bertz CT molecular complexity index is 333. The van der Waals surface area contributed by atoms with Gasteiger partial charge in [0.2, 0.25) is 0 Å². The highest BCUT2D eigenvalue weighted by Gasteiger charge is 2.34. The van der Waals surface area contributed by atoms with Gasteiger partial charge in [-0.1, -0.05) is 0 Å². The number of carbonyl (C=O) groups is 2. The maximum atomic E-state index is 11.7. The third-order valence-corrected chi connectivity index (χ3v) is 2.27. The summed E-state index contributed by atoms with van der Waals surface area (Å²) < 4.78 is 4.71. The highest BCUT2D eigenvalue weighted by atomic mass is 32.1. The van der Waals surface area contributed by atoms with E-state index in [1.54, 1.807) is 6.92 Å². The summed E-state index contributed by atoms with van der Waals surface area (Å²) in [6.45, 7) is 4.21. The zero-order chi connectivity index (χ0) is 14.3. The molecule has 18 heavy (non-hydrogen) atoms. The van der Waals surface area contributed by atoms with Gasteiger partial charge >= 0.3 is 5.97 Å². The van der Waals surface area contributed by atoms with Crippen LogP contribution in [0, 0.1) is 10.1 Å². The van der Waals surface area contributed by atoms with Crippen LogP contribution >= 0.6 is 12.6 Å². The molecule has 8 nitrogen and oxygen atoms in total. The van der Waals surface area contributed by atoms with Gasteiger partial charge in [-0.2, -0.15) is 12.6 Å². The van der Waals surface area contributed by atoms with Crippen LogP contribution < -0.4 is 5.32 Å². The predicted molar refractivity (Wildman–Crippen MR) is 64.6 cm³/mol. The quantitative estimate of drug-likeness (QED) is 0.293. The average Bonchev–Trinajstić information content (AvgIpc) is 2.23. The first-order valence-electron chi connectivity index (χ1n) is 5.16. The van der Waals surface area contributed by atoms with Gasteiger partial charge in [-0.05, 0) is 20.8 Å². The SMILES string of the molecule is CCOC(=O)[C@H](CS)NC(=O)C(C)(C)O[N+](=O)[O-]. The molecule has 0 saturated heterocycles. The van der Waals surface area contributed by atoms with Crippen molar-refractivity contribution >= 4 is 24.5 Å². The summed E-state index contributed by atoms with van der Waals surface area (Å²) in [6.07, 6.45) is 0. The number of rotatable bonds is 7. The number of amides is 1. The molecule has 0 heterocycles. The molecule has 0 aromatic carbocycles. The minimum atomic E-state index is -1.70. The van der Waals surface area contributed by atoms with Crippen LogP contribution in [0.3, 0.4) is 0 Å². The molecule has 0 bridgehead atoms. The molecule has 0 aliphatic carbocycles. The molecule has 0 aliphatic heterocycles. The molecular formula is C9H16N2O6S. The lowest BCUT2D eigenvalue weighted by Gasteiger charge is -2.23. The van der Waals surface area contributed by atoms with Crippen molar-refractivity contribution < 1.29 is 24.3 Å². The van der Waals surface area contributed by atoms with Crippen LogP contribution in [0.25, 0.3) is 0 Å². The molecule has 1 N–H and O–H groups in total. The fourth-order valence-electron chi connectivity index (χ4n) is 0.982. The second kappa shape index (κ2) is 7.04. The van der Waals surface area contributed by atoms with Crippen LogP contribution in [0.1, 0.15) is 20.8 Å². The van der Waals surface area contributed by atoms with Gasteiger partial charge in [-0.3, -0.25) is 9.63 Å². The van der Waals surface area contributed by atoms with E-state index in [9.17, 15) is 19.7 Å². The van der Waals surface area contributed by atoms with Gasteiger partial charge < -0.3 is 10.1 Å². The van der Waals surface area contributed by atoms with E-state index in [-0.39, 0.29) is 12.4 Å². The van der Waals surface area contributed by atoms with E-state index in [2.05, 4.69) is 22.8 Å². The van der Waals surface area contributed by atoms with Gasteiger partial charge in [0.25, 0.3) is 11.0 Å². The number of carbonyl (C=O) groups excluding carboxylic acids is 2. The molecule has 0 spiro atoms. The molecule has 0 aromatic heterocycles. The zero-order valence-electron chi connectivity index (χ0n) is 10.3. The Hall–Kier alpha value is -1.51. The van der Waals surface area contributed by atoms with Crippen LogP contribution in [0.2, 0.25) is 0 Å². The second-order valence-electron chi connectivity index (χ2n) is 3.79. The average molecular weight is 280 g/mol. The Balaban J connectivity index is 4.60. The lowest BCUT2D eigenvalue weighted by molar-refractivity contribution is -0.774. The van der Waals surface area contributed by atoms with Crippen LogP contribution in [0.5, 0.6) is 0 Å². The maximum Gasteiger partial charge on any atom is 0.329 e. The van der Waals surface area contributed by atoms with Gasteiger partial charge in [-0.15, -0.1) is 10.1 Å². The third kappa shape index (κ3) is 5.21. The number of nitrogens with zero attached hydrogens (tertiary/aromatic N) is 1. The van der Waals surface area contributed by atoms with Gasteiger partial charge in [0, 0.05) is 5.75 Å². The Morgan fingerprint density at radius 3 is 2.44 bits per heavy atom. The summed E-state index contributed by atoms with van der Waals surface area (Å²) in [6, 6.07) is -0.976. The summed E-state index contributed by atoms with van der Waals surface area (Å²) in [5.74, 6) is -1.44. The van der Waals surface area contributed by atoms with Crippen LogP contribution in [-0.4, -0.2) is 41.0 Å². The summed E-state index contributed by atoms with van der Waals surface area (Å²) >= 11 is 3.90. The fourth-order valence-corrected chi connectivity index (χ4v) is 1.22. The minimum absolute atomic E-state index is 0.0130. The lowest BCUT2D eigenvalue weighted by atomic mass is 10.1. The van der Waals surface area contributed by atoms with Crippen molar-refractivity contribution in [2.24, 2.45) is 0 Å². The fraction of sp³-hybridized carbons (Fsp3) is 0.778. The Labute approximate surface area is 110 Å². The number of thiol groups is 1. The summed E-state index contributed by atoms with van der Waals surface area (Å²) in [7, 11) is 0. The van der Waals surface area contributed by atoms with E-state index < -0.39 is 28.6 Å². The largest absolute Gasteiger partial charge is 0.464 e. The molecule has 104 valence electrons. The normalized spacial score (nSPS) is 12.4. The highest BCUT2D eigenvalue weighted by molar-refractivity contribution is 7.80. The van der Waals surface area contributed by atoms with E-state index in [1.807, 2.05) is 0 Å². The Morgan fingerprint density at radius 2 is 2.06 bits per heavy atom. The predicted octanol–water partition coefficient (Wildman–Crippen LogP) is -0.0490. The van der Waals surface area contributed by atoms with Gasteiger partial charge in [-0.25, -0.2) is 4.79 Å². The summed E-state index contributed by atoms with van der Waals surface area (Å²) in [4.78, 5) is 37.5. The molecule has 0 unspecified atom stereocenters. The molecular weight excluding hydrogens is 264 g/mol. The first-order chi connectivity index (χ1) is 8.24. The van der Waals surface area contributed by atoms with Crippen molar-refractivity contribution in [3.05, 3.63) is 10.1 Å². The Morgan fingerprint density at radius 1 is 1.50 bits per heavy atom. The van der Waals surface area contributed by atoms with E-state index in [0.717, 1.165) is 0 Å². The summed E-state index contributed by atoms with van der Waals surface area (Å²) in [5.41, 5.74) is -1.70. The molecule has 1 atom stereocenters. The molecule has 0 aliphatic rings. The number of nitrogens with one attached hydrogen (secondary N) is 1. The molecule has 0 radical (unpaired) electrons. The third-order valence-electron chi connectivity index (χ3n) is 1.91. The van der Waals surface area contributed by atoms with Crippen molar-refractivity contribution in [1.29, 1.82) is 0 Å². The number of hydrogen-bond donors (Lipinski definition) is 2. The molecule has 1 amide bonds. The molecule has 0 aromatic rings. The topological polar surface area (TPSA) is 108 Å². The van der Waals surface area contributed by atoms with Crippen molar-refractivity contribution in [1.82, 2.24) is 5.32 Å². The standard InChI is InChI=1S/C9H16N2O6S/c1-4-16-7(12)6(5-18)10-8(13)9(2,3)17-11(14)15/h6,18H,4-5H2,1-3H3,(H,10,13)/t6-/m0/s1. The monoisotopic (exact) mass is 280 g/mol. The maximum absolute atomic E-state index is 11.7. The van der Waals surface area contributed by atoms with Crippen molar-refractivity contribution in [2.75, 3.05) is 12.4 Å². The highest BCUT2D eigenvalue weighted by Crippen LogP contribution is 2.10. The Kier molecular flexibility index (Phi) is 6.45. The van der Waals surface area contributed by atoms with Gasteiger partial charge in [0.15, 0.2) is 5.60 Å². The van der Waals surface area contributed by atoms with Crippen LogP contribution in [-0.2, 0) is 19.2 Å². The van der Waals surface area contributed by atoms with Crippen molar-refractivity contribution in [2.45, 2.75) is 32.4 Å². The van der Waals surface area contributed by atoms with Crippen molar-refractivity contribution in [3.63, 3.8) is 0 Å². The van der Waals surface area contributed by atoms with Gasteiger partial charge in [0.05, 0.1) is 6.61 Å². The summed E-state index contributed by atoms with van der Waals surface area (Å²) in [5, 5.41) is 11.4. The zero-order valence-corrected chi connectivity index (χ0v) is 11.2. The minimum Gasteiger partial charge on any atom is -0.464 e. The molecule has 0 rings (SSSR count). The number of ether oxygens (including phenoxy) is 1. The van der Waals surface area contributed by atoms with Crippen molar-refractivity contribution in [3.8, 4) is 0 Å². The van der Waals surface area contributed by atoms with Gasteiger partial charge in [0.1, 0.15) is 6.04 Å². The molecule has 9 heteroatoms. The smallest absolute Gasteiger partial charge is 0.329 e. The van der Waals surface area contributed by atoms with Crippen LogP contribution in [0.15, 0.2) is 0 Å².